The lowest BCUT2D eigenvalue weighted by molar-refractivity contribution is -0.117. The van der Waals surface area contributed by atoms with Crippen LogP contribution in [0.2, 0.25) is 0 Å². The van der Waals surface area contributed by atoms with Crippen LogP contribution >= 0.6 is 0 Å². The minimum absolute atomic E-state index is 0.109. The van der Waals surface area contributed by atoms with Gasteiger partial charge >= 0.3 is 0 Å². The van der Waals surface area contributed by atoms with Crippen LogP contribution in [-0.2, 0) is 14.6 Å². The van der Waals surface area contributed by atoms with E-state index in [-0.39, 0.29) is 5.78 Å². The van der Waals surface area contributed by atoms with Crippen molar-refractivity contribution in [2.45, 2.75) is 24.5 Å². The van der Waals surface area contributed by atoms with Crippen molar-refractivity contribution in [1.82, 2.24) is 0 Å². The van der Waals surface area contributed by atoms with Crippen LogP contribution < -0.4 is 0 Å². The molecule has 0 bridgehead atoms. The normalized spacial score (nSPS) is 27.3. The van der Waals surface area contributed by atoms with Gasteiger partial charge < -0.3 is 0 Å². The van der Waals surface area contributed by atoms with Gasteiger partial charge in [-0.15, -0.1) is 0 Å². The topological polar surface area (TPSA) is 51.2 Å². The molecule has 0 aliphatic heterocycles. The van der Waals surface area contributed by atoms with Gasteiger partial charge in [-0.05, 0) is 12.8 Å². The summed E-state index contributed by atoms with van der Waals surface area (Å²) in [6.07, 6.45) is 2.83. The molecule has 0 heterocycles. The summed E-state index contributed by atoms with van der Waals surface area (Å²) in [5.41, 5.74) is 0. The van der Waals surface area contributed by atoms with E-state index >= 15 is 0 Å². The van der Waals surface area contributed by atoms with Gasteiger partial charge in [0.25, 0.3) is 0 Å². The fourth-order valence-electron chi connectivity index (χ4n) is 1.24. The molecule has 1 fully saturated rings. The van der Waals surface area contributed by atoms with E-state index in [4.69, 9.17) is 0 Å². The zero-order chi connectivity index (χ0) is 7.78. The number of rotatable bonds is 1. The molecule has 1 rings (SSSR count). The highest BCUT2D eigenvalue weighted by molar-refractivity contribution is 7.92. The van der Waals surface area contributed by atoms with Crippen molar-refractivity contribution < 1.29 is 13.2 Å². The molecule has 0 unspecified atom stereocenters. The van der Waals surface area contributed by atoms with Crippen LogP contribution in [0.15, 0.2) is 0 Å². The Balaban J connectivity index is 2.84. The maximum absolute atomic E-state index is 10.8. The second kappa shape index (κ2) is 2.34. The molecule has 0 spiro atoms. The SMILES string of the molecule is CS(=O)(=O)[C@@H]1CCCC1=O. The predicted octanol–water partition coefficient (Wildman–Crippen LogP) is 0.153. The van der Waals surface area contributed by atoms with Gasteiger partial charge in [0.1, 0.15) is 5.25 Å². The lowest BCUT2D eigenvalue weighted by Crippen LogP contribution is -2.23. The molecule has 0 aromatic heterocycles. The number of hydrogen-bond acceptors (Lipinski definition) is 3. The van der Waals surface area contributed by atoms with Crippen molar-refractivity contribution in [1.29, 1.82) is 0 Å². The van der Waals surface area contributed by atoms with Gasteiger partial charge in [0.05, 0.1) is 0 Å². The molecule has 0 N–H and O–H groups in total. The number of sulfone groups is 1. The molecule has 1 aliphatic rings. The van der Waals surface area contributed by atoms with E-state index in [2.05, 4.69) is 0 Å². The smallest absolute Gasteiger partial charge is 0.157 e. The Morgan fingerprint density at radius 3 is 2.30 bits per heavy atom. The third-order valence-corrected chi connectivity index (χ3v) is 3.30. The monoisotopic (exact) mass is 162 g/mol. The van der Waals surface area contributed by atoms with Crippen LogP contribution in [0, 0.1) is 0 Å². The molecule has 0 saturated heterocycles. The molecule has 3 nitrogen and oxygen atoms in total. The van der Waals surface area contributed by atoms with Gasteiger partial charge in [-0.25, -0.2) is 8.42 Å². The van der Waals surface area contributed by atoms with Crippen LogP contribution in [0.25, 0.3) is 0 Å². The van der Waals surface area contributed by atoms with Gasteiger partial charge in [0.15, 0.2) is 15.6 Å². The minimum atomic E-state index is -3.10. The van der Waals surface area contributed by atoms with Crippen molar-refractivity contribution in [3.05, 3.63) is 0 Å². The number of carbonyl (C=O) groups excluding carboxylic acids is 1. The van der Waals surface area contributed by atoms with Crippen molar-refractivity contribution in [3.8, 4) is 0 Å². The second-order valence-electron chi connectivity index (χ2n) is 2.68. The Kier molecular flexibility index (Phi) is 1.81. The first kappa shape index (κ1) is 7.72. The summed E-state index contributed by atoms with van der Waals surface area (Å²) in [5.74, 6) is -0.109. The summed E-state index contributed by atoms with van der Waals surface area (Å²) in [6.45, 7) is 0. The van der Waals surface area contributed by atoms with E-state index in [1.54, 1.807) is 0 Å². The van der Waals surface area contributed by atoms with Crippen molar-refractivity contribution in [2.24, 2.45) is 0 Å². The van der Waals surface area contributed by atoms with E-state index in [1.165, 1.54) is 0 Å². The van der Waals surface area contributed by atoms with Gasteiger partial charge in [-0.1, -0.05) is 0 Å². The highest BCUT2D eigenvalue weighted by Crippen LogP contribution is 2.20. The summed E-state index contributed by atoms with van der Waals surface area (Å²) in [6, 6.07) is 0. The van der Waals surface area contributed by atoms with E-state index < -0.39 is 15.1 Å². The molecule has 1 aliphatic carbocycles. The quantitative estimate of drug-likeness (QED) is 0.551. The molecular weight excluding hydrogens is 152 g/mol. The Labute approximate surface area is 60.3 Å². The minimum Gasteiger partial charge on any atom is -0.298 e. The Hall–Kier alpha value is -0.380. The van der Waals surface area contributed by atoms with E-state index in [0.717, 1.165) is 12.7 Å². The Morgan fingerprint density at radius 2 is 2.10 bits per heavy atom. The molecular formula is C6H10O3S. The standard InChI is InChI=1S/C6H10O3S/c1-10(8,9)6-4-2-3-5(6)7/h6H,2-4H2,1H3/t6-/m1/s1. The molecule has 0 aromatic rings. The molecule has 10 heavy (non-hydrogen) atoms. The first-order valence-corrected chi connectivity index (χ1v) is 5.19. The fraction of sp³-hybridized carbons (Fsp3) is 0.833. The zero-order valence-corrected chi connectivity index (χ0v) is 6.65. The fourth-order valence-corrected chi connectivity index (χ4v) is 2.43. The van der Waals surface area contributed by atoms with Crippen molar-refractivity contribution >= 4 is 15.6 Å². The third-order valence-electron chi connectivity index (χ3n) is 1.77. The number of carbonyl (C=O) groups is 1. The van der Waals surface area contributed by atoms with Crippen LogP contribution in [0.3, 0.4) is 0 Å². The van der Waals surface area contributed by atoms with Crippen LogP contribution in [0.4, 0.5) is 0 Å². The predicted molar refractivity (Wildman–Crippen MR) is 37.5 cm³/mol. The highest BCUT2D eigenvalue weighted by Gasteiger charge is 2.32. The summed E-state index contributed by atoms with van der Waals surface area (Å²) < 4.78 is 21.6. The van der Waals surface area contributed by atoms with E-state index in [1.807, 2.05) is 0 Å². The van der Waals surface area contributed by atoms with Gasteiger partial charge in [-0.2, -0.15) is 0 Å². The molecule has 1 saturated carbocycles. The number of Topliss-reactive ketones (excluding diaryl/α,β-unsaturated/α-hetero) is 1. The summed E-state index contributed by atoms with van der Waals surface area (Å²) >= 11 is 0. The molecule has 1 atom stereocenters. The average Bonchev–Trinajstić information content (AvgIpc) is 2.11. The van der Waals surface area contributed by atoms with E-state index in [9.17, 15) is 13.2 Å². The van der Waals surface area contributed by atoms with Gasteiger partial charge in [0.2, 0.25) is 0 Å². The number of ketones is 1. The van der Waals surface area contributed by atoms with Crippen LogP contribution in [-0.4, -0.2) is 25.7 Å². The van der Waals surface area contributed by atoms with E-state index in [0.29, 0.717) is 12.8 Å². The number of hydrogen-bond donors (Lipinski definition) is 0. The van der Waals surface area contributed by atoms with Crippen LogP contribution in [0.1, 0.15) is 19.3 Å². The lowest BCUT2D eigenvalue weighted by Gasteiger charge is -2.02. The third kappa shape index (κ3) is 1.37. The van der Waals surface area contributed by atoms with Crippen molar-refractivity contribution in [2.75, 3.05) is 6.26 Å². The largest absolute Gasteiger partial charge is 0.298 e. The highest BCUT2D eigenvalue weighted by atomic mass is 32.2. The molecule has 0 amide bonds. The average molecular weight is 162 g/mol. The molecule has 58 valence electrons. The first-order valence-electron chi connectivity index (χ1n) is 3.23. The summed E-state index contributed by atoms with van der Waals surface area (Å²) in [7, 11) is -3.10. The summed E-state index contributed by atoms with van der Waals surface area (Å²) in [5, 5.41) is -0.688. The van der Waals surface area contributed by atoms with Crippen molar-refractivity contribution in [3.63, 3.8) is 0 Å². The summed E-state index contributed by atoms with van der Waals surface area (Å²) in [4.78, 5) is 10.8. The zero-order valence-electron chi connectivity index (χ0n) is 5.83. The molecule has 0 radical (unpaired) electrons. The van der Waals surface area contributed by atoms with Gasteiger partial charge in [-0.3, -0.25) is 4.79 Å². The second-order valence-corrected chi connectivity index (χ2v) is 4.90. The lowest BCUT2D eigenvalue weighted by atomic mass is 10.3. The molecule has 4 heteroatoms. The van der Waals surface area contributed by atoms with Gasteiger partial charge in [0, 0.05) is 12.7 Å². The first-order chi connectivity index (χ1) is 4.52. The molecule has 0 aromatic carbocycles. The van der Waals surface area contributed by atoms with Crippen LogP contribution in [0.5, 0.6) is 0 Å². The maximum atomic E-state index is 10.8. The maximum Gasteiger partial charge on any atom is 0.157 e. The Bertz CT molecular complexity index is 240. The Morgan fingerprint density at radius 1 is 1.50 bits per heavy atom.